The maximum absolute atomic E-state index is 13.8. The van der Waals surface area contributed by atoms with E-state index in [0.29, 0.717) is 17.9 Å². The summed E-state index contributed by atoms with van der Waals surface area (Å²) in [7, 11) is 7.28. The lowest BCUT2D eigenvalue weighted by atomic mass is 9.76. The number of hydrogen-bond acceptors (Lipinski definition) is 4. The summed E-state index contributed by atoms with van der Waals surface area (Å²) in [6.07, 6.45) is 0. The first kappa shape index (κ1) is 24.4. The highest BCUT2D eigenvalue weighted by Gasteiger charge is 2.32. The molecule has 3 aromatic rings. The van der Waals surface area contributed by atoms with Crippen molar-refractivity contribution in [3.8, 4) is 11.5 Å². The number of ketones is 1. The molecule has 0 heterocycles. The summed E-state index contributed by atoms with van der Waals surface area (Å²) in [6.45, 7) is 0.618. The highest BCUT2D eigenvalue weighted by atomic mass is 35.5. The zero-order chi connectivity index (χ0) is 21.5. The van der Waals surface area contributed by atoms with Crippen LogP contribution in [0.15, 0.2) is 78.9 Å². The van der Waals surface area contributed by atoms with Gasteiger partial charge in [-0.3, -0.25) is 4.79 Å². The van der Waals surface area contributed by atoms with Crippen LogP contribution in [0, 0.1) is 5.92 Å². The third-order valence-electron chi connectivity index (χ3n) is 5.27. The average Bonchev–Trinajstić information content (AvgIpc) is 2.79. The van der Waals surface area contributed by atoms with E-state index in [-0.39, 0.29) is 30.0 Å². The van der Waals surface area contributed by atoms with Crippen molar-refractivity contribution in [2.75, 3.05) is 34.9 Å². The van der Waals surface area contributed by atoms with Gasteiger partial charge < -0.3 is 14.4 Å². The average molecular weight is 440 g/mol. The van der Waals surface area contributed by atoms with Gasteiger partial charge in [-0.05, 0) is 49.5 Å². The third-order valence-corrected chi connectivity index (χ3v) is 5.27. The Labute approximate surface area is 191 Å². The predicted octanol–water partition coefficient (Wildman–Crippen LogP) is 5.32. The molecule has 0 aliphatic heterocycles. The van der Waals surface area contributed by atoms with Gasteiger partial charge >= 0.3 is 0 Å². The lowest BCUT2D eigenvalue weighted by Crippen LogP contribution is -2.33. The van der Waals surface area contributed by atoms with Crippen LogP contribution >= 0.6 is 12.4 Å². The first-order valence-corrected chi connectivity index (χ1v) is 10.1. The second-order valence-corrected chi connectivity index (χ2v) is 7.63. The molecule has 2 atom stereocenters. The molecular formula is C26H30ClNO3. The standard InChI is InChI=1S/C26H29NO3.ClH/c1-27(2)18-24(26(28)21-13-9-15-23(17-21)30-4)25(19-10-6-5-7-11-19)20-12-8-14-22(16-20)29-3;/h5-17,24-25H,18H2,1-4H3;1H. The molecule has 164 valence electrons. The van der Waals surface area contributed by atoms with Gasteiger partial charge in [-0.15, -0.1) is 12.4 Å². The molecule has 0 radical (unpaired) electrons. The number of halogens is 1. The molecule has 0 fully saturated rings. The Morgan fingerprint density at radius 3 is 2.00 bits per heavy atom. The molecule has 31 heavy (non-hydrogen) atoms. The maximum Gasteiger partial charge on any atom is 0.168 e. The van der Waals surface area contributed by atoms with Crippen LogP contribution in [0.4, 0.5) is 0 Å². The zero-order valence-corrected chi connectivity index (χ0v) is 19.3. The van der Waals surface area contributed by atoms with Gasteiger partial charge in [0, 0.05) is 23.9 Å². The molecule has 3 rings (SSSR count). The molecule has 4 nitrogen and oxygen atoms in total. The zero-order valence-electron chi connectivity index (χ0n) is 18.4. The molecule has 5 heteroatoms. The Morgan fingerprint density at radius 1 is 0.806 bits per heavy atom. The van der Waals surface area contributed by atoms with Gasteiger partial charge in [0.2, 0.25) is 0 Å². The topological polar surface area (TPSA) is 38.8 Å². The number of ether oxygens (including phenoxy) is 2. The van der Waals surface area contributed by atoms with Gasteiger partial charge in [-0.1, -0.05) is 54.6 Å². The third kappa shape index (κ3) is 6.09. The van der Waals surface area contributed by atoms with Gasteiger partial charge in [-0.25, -0.2) is 0 Å². The van der Waals surface area contributed by atoms with E-state index >= 15 is 0 Å². The van der Waals surface area contributed by atoms with E-state index in [9.17, 15) is 4.79 Å². The molecule has 0 aliphatic carbocycles. The second-order valence-electron chi connectivity index (χ2n) is 7.63. The van der Waals surface area contributed by atoms with Crippen molar-refractivity contribution < 1.29 is 14.3 Å². The van der Waals surface area contributed by atoms with Gasteiger partial charge in [0.15, 0.2) is 5.78 Å². The van der Waals surface area contributed by atoms with Crippen molar-refractivity contribution in [2.45, 2.75) is 5.92 Å². The van der Waals surface area contributed by atoms with Crippen molar-refractivity contribution in [3.05, 3.63) is 95.6 Å². The quantitative estimate of drug-likeness (QED) is 0.423. The molecule has 2 unspecified atom stereocenters. The van der Waals surface area contributed by atoms with Crippen molar-refractivity contribution in [2.24, 2.45) is 5.92 Å². The number of carbonyl (C=O) groups is 1. The molecule has 0 saturated carbocycles. The van der Waals surface area contributed by atoms with Crippen molar-refractivity contribution in [1.82, 2.24) is 4.90 Å². The van der Waals surface area contributed by atoms with Crippen LogP contribution < -0.4 is 9.47 Å². The van der Waals surface area contributed by atoms with Gasteiger partial charge in [0.25, 0.3) is 0 Å². The van der Waals surface area contributed by atoms with E-state index in [1.165, 1.54) is 0 Å². The monoisotopic (exact) mass is 439 g/mol. The van der Waals surface area contributed by atoms with Gasteiger partial charge in [0.05, 0.1) is 14.2 Å². The predicted molar refractivity (Wildman–Crippen MR) is 128 cm³/mol. The summed E-state index contributed by atoms with van der Waals surface area (Å²) in [5, 5.41) is 0. The minimum absolute atomic E-state index is 0. The summed E-state index contributed by atoms with van der Waals surface area (Å²) in [4.78, 5) is 15.8. The summed E-state index contributed by atoms with van der Waals surface area (Å²) in [5.41, 5.74) is 2.82. The van der Waals surface area contributed by atoms with Crippen LogP contribution in [-0.4, -0.2) is 45.5 Å². The van der Waals surface area contributed by atoms with Crippen LogP contribution in [0.5, 0.6) is 11.5 Å². The molecule has 0 saturated heterocycles. The number of methoxy groups -OCH3 is 2. The highest BCUT2D eigenvalue weighted by molar-refractivity contribution is 5.99. The highest BCUT2D eigenvalue weighted by Crippen LogP contribution is 2.36. The first-order valence-electron chi connectivity index (χ1n) is 10.1. The van der Waals surface area contributed by atoms with Gasteiger partial charge in [0.1, 0.15) is 11.5 Å². The fourth-order valence-electron chi connectivity index (χ4n) is 3.88. The number of rotatable bonds is 9. The van der Waals surface area contributed by atoms with Crippen molar-refractivity contribution >= 4 is 18.2 Å². The fraction of sp³-hybridized carbons (Fsp3) is 0.269. The summed E-state index contributed by atoms with van der Waals surface area (Å²) < 4.78 is 10.8. The minimum atomic E-state index is -0.276. The largest absolute Gasteiger partial charge is 0.497 e. The molecule has 0 bridgehead atoms. The Bertz CT molecular complexity index is 975. The van der Waals surface area contributed by atoms with Crippen molar-refractivity contribution in [1.29, 1.82) is 0 Å². The minimum Gasteiger partial charge on any atom is -0.497 e. The Kier molecular flexibility index (Phi) is 9.10. The SMILES string of the molecule is COc1cccc(C(=O)C(CN(C)C)C(c2ccccc2)c2cccc(OC)c2)c1.Cl. The molecule has 0 aliphatic rings. The van der Waals surface area contributed by atoms with E-state index in [2.05, 4.69) is 23.1 Å². The maximum atomic E-state index is 13.8. The summed E-state index contributed by atoms with van der Waals surface area (Å²) in [5.74, 6) is 1.18. The molecular weight excluding hydrogens is 410 g/mol. The smallest absolute Gasteiger partial charge is 0.168 e. The van der Waals surface area contributed by atoms with Crippen LogP contribution in [0.2, 0.25) is 0 Å². The Morgan fingerprint density at radius 2 is 1.39 bits per heavy atom. The van der Waals surface area contributed by atoms with Crippen LogP contribution in [0.3, 0.4) is 0 Å². The summed E-state index contributed by atoms with van der Waals surface area (Å²) in [6, 6.07) is 25.6. The first-order chi connectivity index (χ1) is 14.5. The fourth-order valence-corrected chi connectivity index (χ4v) is 3.88. The Hall–Kier alpha value is -2.82. The van der Waals surface area contributed by atoms with Gasteiger partial charge in [-0.2, -0.15) is 0 Å². The number of nitrogens with zero attached hydrogens (tertiary/aromatic N) is 1. The lowest BCUT2D eigenvalue weighted by molar-refractivity contribution is 0.0882. The van der Waals surface area contributed by atoms with E-state index in [1.807, 2.05) is 74.8 Å². The molecule has 0 N–H and O–H groups in total. The molecule has 0 amide bonds. The number of carbonyl (C=O) groups excluding carboxylic acids is 1. The molecule has 0 aromatic heterocycles. The molecule has 0 spiro atoms. The van der Waals surface area contributed by atoms with E-state index in [1.54, 1.807) is 14.2 Å². The van der Waals surface area contributed by atoms with Crippen molar-refractivity contribution in [3.63, 3.8) is 0 Å². The van der Waals surface area contributed by atoms with E-state index < -0.39 is 0 Å². The Balaban J connectivity index is 0.00000341. The van der Waals surface area contributed by atoms with E-state index in [4.69, 9.17) is 9.47 Å². The van der Waals surface area contributed by atoms with Crippen LogP contribution in [0.25, 0.3) is 0 Å². The number of hydrogen-bond donors (Lipinski definition) is 0. The lowest BCUT2D eigenvalue weighted by Gasteiger charge is -2.30. The normalized spacial score (nSPS) is 12.5. The number of benzene rings is 3. The summed E-state index contributed by atoms with van der Waals surface area (Å²) >= 11 is 0. The van der Waals surface area contributed by atoms with Crippen LogP contribution in [0.1, 0.15) is 27.4 Å². The second kappa shape index (κ2) is 11.5. The van der Waals surface area contributed by atoms with Crippen LogP contribution in [-0.2, 0) is 0 Å². The van der Waals surface area contributed by atoms with E-state index in [0.717, 1.165) is 16.9 Å². The molecule has 3 aromatic carbocycles. The number of Topliss-reactive ketones (excluding diaryl/α,β-unsaturated/α-hetero) is 1.